The Balaban J connectivity index is 1.32. The highest BCUT2D eigenvalue weighted by Crippen LogP contribution is 2.33. The number of hydrogen-bond donors (Lipinski definition) is 2. The summed E-state index contributed by atoms with van der Waals surface area (Å²) < 4.78 is 33.6. The third kappa shape index (κ3) is 4.84. The summed E-state index contributed by atoms with van der Waals surface area (Å²) in [4.78, 5) is 29.4. The molecule has 9 heteroatoms. The Bertz CT molecular complexity index is 1090. The smallest absolute Gasteiger partial charge is 0.317 e. The first-order valence-corrected chi connectivity index (χ1v) is 11.8. The van der Waals surface area contributed by atoms with E-state index in [4.69, 9.17) is 4.74 Å². The molecule has 5 rings (SSSR count). The normalized spacial score (nSPS) is 21.4. The Morgan fingerprint density at radius 3 is 2.71 bits per heavy atom. The van der Waals surface area contributed by atoms with Crippen molar-refractivity contribution in [3.05, 3.63) is 48.0 Å². The van der Waals surface area contributed by atoms with Gasteiger partial charge in [0.1, 0.15) is 24.0 Å². The van der Waals surface area contributed by atoms with Crippen molar-refractivity contribution in [3.8, 4) is 16.9 Å². The van der Waals surface area contributed by atoms with Gasteiger partial charge in [0.25, 0.3) is 0 Å². The second-order valence-electron chi connectivity index (χ2n) is 9.20. The maximum absolute atomic E-state index is 14.3. The zero-order chi connectivity index (χ0) is 23.7. The van der Waals surface area contributed by atoms with Crippen molar-refractivity contribution in [2.24, 2.45) is 0 Å². The maximum atomic E-state index is 14.3. The molecule has 34 heavy (non-hydrogen) atoms. The van der Waals surface area contributed by atoms with Gasteiger partial charge < -0.3 is 20.3 Å². The molecule has 1 atom stereocenters. The molecule has 3 amide bonds. The van der Waals surface area contributed by atoms with E-state index < -0.39 is 11.6 Å². The van der Waals surface area contributed by atoms with Crippen molar-refractivity contribution in [3.63, 3.8) is 0 Å². The number of rotatable bonds is 2. The second-order valence-corrected chi connectivity index (χ2v) is 9.20. The topological polar surface area (TPSA) is 73.9 Å². The van der Waals surface area contributed by atoms with Crippen LogP contribution in [0.3, 0.4) is 0 Å². The van der Waals surface area contributed by atoms with Crippen molar-refractivity contribution in [1.82, 2.24) is 15.1 Å². The summed E-state index contributed by atoms with van der Waals surface area (Å²) >= 11 is 0. The fourth-order valence-corrected chi connectivity index (χ4v) is 4.98. The molecule has 0 spiro atoms. The van der Waals surface area contributed by atoms with Crippen LogP contribution >= 0.6 is 0 Å². The minimum atomic E-state index is -0.677. The molecule has 7 nitrogen and oxygen atoms in total. The first-order chi connectivity index (χ1) is 16.5. The van der Waals surface area contributed by atoms with Crippen LogP contribution in [0.4, 0.5) is 19.3 Å². The van der Waals surface area contributed by atoms with Crippen LogP contribution in [0.2, 0.25) is 0 Å². The maximum Gasteiger partial charge on any atom is 0.317 e. The summed E-state index contributed by atoms with van der Waals surface area (Å²) in [6, 6.07) is 8.46. The lowest BCUT2D eigenvalue weighted by Crippen LogP contribution is -2.60. The quantitative estimate of drug-likeness (QED) is 0.704. The van der Waals surface area contributed by atoms with Crippen LogP contribution in [0, 0.1) is 11.6 Å². The number of benzene rings is 2. The van der Waals surface area contributed by atoms with Crippen LogP contribution in [0.15, 0.2) is 36.4 Å². The Morgan fingerprint density at radius 1 is 1.09 bits per heavy atom. The number of anilines is 1. The number of amides is 3. The molecular weight excluding hydrogens is 442 g/mol. The van der Waals surface area contributed by atoms with Crippen LogP contribution < -0.4 is 15.4 Å². The SMILES string of the molecule is O=C1CN2CCN(C(=O)NC3CCCC3)C[C@@H]2COc2ccc(-c3ccc(F)cc3F)cc2N1. The summed E-state index contributed by atoms with van der Waals surface area (Å²) in [5.74, 6) is -1.07. The van der Waals surface area contributed by atoms with E-state index >= 15 is 0 Å². The minimum Gasteiger partial charge on any atom is -0.490 e. The predicted octanol–water partition coefficient (Wildman–Crippen LogP) is 3.60. The third-order valence-electron chi connectivity index (χ3n) is 6.85. The Kier molecular flexibility index (Phi) is 6.36. The molecule has 0 bridgehead atoms. The first kappa shape index (κ1) is 22.6. The summed E-state index contributed by atoms with van der Waals surface area (Å²) in [7, 11) is 0. The highest BCUT2D eigenvalue weighted by Gasteiger charge is 2.33. The van der Waals surface area contributed by atoms with Gasteiger partial charge >= 0.3 is 6.03 Å². The number of nitrogens with zero attached hydrogens (tertiary/aromatic N) is 2. The Hall–Kier alpha value is -3.20. The van der Waals surface area contributed by atoms with Gasteiger partial charge in [-0.2, -0.15) is 0 Å². The van der Waals surface area contributed by atoms with E-state index in [0.29, 0.717) is 43.2 Å². The number of carbonyl (C=O) groups excluding carboxylic acids is 2. The number of ether oxygens (including phenoxy) is 1. The van der Waals surface area contributed by atoms with Crippen LogP contribution in [0.5, 0.6) is 5.75 Å². The molecule has 2 N–H and O–H groups in total. The van der Waals surface area contributed by atoms with E-state index in [0.717, 1.165) is 31.7 Å². The lowest BCUT2D eigenvalue weighted by Gasteiger charge is -2.40. The highest BCUT2D eigenvalue weighted by atomic mass is 19.1. The van der Waals surface area contributed by atoms with Gasteiger partial charge in [-0.15, -0.1) is 0 Å². The summed E-state index contributed by atoms with van der Waals surface area (Å²) in [5.41, 5.74) is 1.17. The van der Waals surface area contributed by atoms with Gasteiger partial charge in [-0.25, -0.2) is 13.6 Å². The van der Waals surface area contributed by atoms with Crippen molar-refractivity contribution in [2.75, 3.05) is 38.1 Å². The van der Waals surface area contributed by atoms with Crippen LogP contribution in [-0.2, 0) is 4.79 Å². The molecule has 3 aliphatic rings. The lowest BCUT2D eigenvalue weighted by molar-refractivity contribution is -0.118. The number of halogens is 2. The molecule has 2 fully saturated rings. The Labute approximate surface area is 197 Å². The highest BCUT2D eigenvalue weighted by molar-refractivity contribution is 5.94. The molecule has 1 saturated carbocycles. The molecule has 0 unspecified atom stereocenters. The molecule has 0 radical (unpaired) electrons. The summed E-state index contributed by atoms with van der Waals surface area (Å²) in [6.45, 7) is 2.06. The predicted molar refractivity (Wildman–Crippen MR) is 124 cm³/mol. The molecule has 180 valence electrons. The zero-order valence-corrected chi connectivity index (χ0v) is 18.9. The molecule has 1 saturated heterocycles. The van der Waals surface area contributed by atoms with Gasteiger partial charge in [0.15, 0.2) is 0 Å². The fourth-order valence-electron chi connectivity index (χ4n) is 4.98. The van der Waals surface area contributed by atoms with E-state index in [1.54, 1.807) is 23.1 Å². The second kappa shape index (κ2) is 9.58. The molecule has 2 aromatic rings. The number of piperazine rings is 1. The number of hydrogen-bond acceptors (Lipinski definition) is 4. The van der Waals surface area contributed by atoms with Gasteiger partial charge in [-0.05, 0) is 42.7 Å². The minimum absolute atomic E-state index is 0.0535. The van der Waals surface area contributed by atoms with Gasteiger partial charge in [-0.3, -0.25) is 9.69 Å². The summed E-state index contributed by atoms with van der Waals surface area (Å²) in [5, 5.41) is 6.00. The average molecular weight is 471 g/mol. The van der Waals surface area contributed by atoms with Crippen molar-refractivity contribution in [1.29, 1.82) is 0 Å². The monoisotopic (exact) mass is 470 g/mol. The van der Waals surface area contributed by atoms with E-state index in [9.17, 15) is 18.4 Å². The molecule has 1 aliphatic carbocycles. The molecule has 2 aromatic carbocycles. The zero-order valence-electron chi connectivity index (χ0n) is 18.9. The van der Waals surface area contributed by atoms with Crippen molar-refractivity contribution >= 4 is 17.6 Å². The number of fused-ring (bicyclic) bond motifs is 2. The standard InChI is InChI=1S/C25H28F2N4O3/c26-17-6-7-20(21(27)12-17)16-5-8-23-22(11-16)29-24(32)14-30-9-10-31(13-19(30)15-34-23)25(33)28-18-3-1-2-4-18/h5-8,11-12,18-19H,1-4,9-10,13-15H2,(H,28,33)(H,29,32)/t19-/m1/s1. The van der Waals surface area contributed by atoms with E-state index in [1.165, 1.54) is 12.1 Å². The average Bonchev–Trinajstić information content (AvgIpc) is 3.33. The van der Waals surface area contributed by atoms with E-state index in [-0.39, 0.29) is 36.1 Å². The van der Waals surface area contributed by atoms with Gasteiger partial charge in [0, 0.05) is 37.3 Å². The third-order valence-corrected chi connectivity index (χ3v) is 6.85. The van der Waals surface area contributed by atoms with Crippen molar-refractivity contribution in [2.45, 2.75) is 37.8 Å². The van der Waals surface area contributed by atoms with Gasteiger partial charge in [0.05, 0.1) is 18.3 Å². The largest absolute Gasteiger partial charge is 0.490 e. The first-order valence-electron chi connectivity index (χ1n) is 11.8. The van der Waals surface area contributed by atoms with Crippen LogP contribution in [-0.4, -0.2) is 66.6 Å². The molecular formula is C25H28F2N4O3. The fraction of sp³-hybridized carbons (Fsp3) is 0.440. The van der Waals surface area contributed by atoms with Gasteiger partial charge in [-0.1, -0.05) is 18.9 Å². The molecule has 2 heterocycles. The van der Waals surface area contributed by atoms with Crippen LogP contribution in [0.25, 0.3) is 11.1 Å². The van der Waals surface area contributed by atoms with Crippen LogP contribution in [0.1, 0.15) is 25.7 Å². The number of nitrogens with one attached hydrogen (secondary N) is 2. The van der Waals surface area contributed by atoms with E-state index in [1.807, 2.05) is 4.90 Å². The van der Waals surface area contributed by atoms with Crippen molar-refractivity contribution < 1.29 is 23.1 Å². The number of urea groups is 1. The Morgan fingerprint density at radius 2 is 1.91 bits per heavy atom. The summed E-state index contributed by atoms with van der Waals surface area (Å²) in [6.07, 6.45) is 4.36. The lowest BCUT2D eigenvalue weighted by atomic mass is 10.0. The number of carbonyl (C=O) groups is 2. The molecule has 2 aliphatic heterocycles. The van der Waals surface area contributed by atoms with Gasteiger partial charge in [0.2, 0.25) is 5.91 Å². The van der Waals surface area contributed by atoms with E-state index in [2.05, 4.69) is 10.6 Å². The molecule has 0 aromatic heterocycles.